The predicted molar refractivity (Wildman–Crippen MR) is 108 cm³/mol. The number of nitrogens with zero attached hydrogens (tertiary/aromatic N) is 4. The van der Waals surface area contributed by atoms with Crippen LogP contribution in [0.25, 0.3) is 11.0 Å². The first-order chi connectivity index (χ1) is 14.1. The Hall–Kier alpha value is -3.52. The summed E-state index contributed by atoms with van der Waals surface area (Å²) in [5.41, 5.74) is 2.83. The van der Waals surface area contributed by atoms with Gasteiger partial charge in [0.2, 0.25) is 0 Å². The average Bonchev–Trinajstić information content (AvgIpc) is 3.44. The molecule has 0 saturated heterocycles. The van der Waals surface area contributed by atoms with Crippen LogP contribution < -0.4 is 0 Å². The van der Waals surface area contributed by atoms with E-state index in [0.717, 1.165) is 11.1 Å². The van der Waals surface area contributed by atoms with E-state index in [-0.39, 0.29) is 4.90 Å². The molecule has 2 aromatic carbocycles. The van der Waals surface area contributed by atoms with E-state index < -0.39 is 16.1 Å². The molecule has 0 N–H and O–H groups in total. The van der Waals surface area contributed by atoms with Crippen LogP contribution in [0.1, 0.15) is 23.8 Å². The van der Waals surface area contributed by atoms with Gasteiger partial charge in [-0.15, -0.1) is 0 Å². The fourth-order valence-corrected chi connectivity index (χ4v) is 4.89. The SMILES string of the molecule is O=S(=O)(c1ccccc1)N1N=C(c2ccco2)C[C@@H]1c1ccc2nccnc2c1. The van der Waals surface area contributed by atoms with Gasteiger partial charge in [-0.25, -0.2) is 0 Å². The first kappa shape index (κ1) is 17.6. The summed E-state index contributed by atoms with van der Waals surface area (Å²) in [5, 5.41) is 4.45. The lowest BCUT2D eigenvalue weighted by Gasteiger charge is -2.23. The van der Waals surface area contributed by atoms with Crippen molar-refractivity contribution in [3.05, 3.63) is 90.6 Å². The van der Waals surface area contributed by atoms with Crippen LogP contribution in [-0.2, 0) is 10.0 Å². The van der Waals surface area contributed by atoms with E-state index in [1.165, 1.54) is 4.41 Å². The minimum absolute atomic E-state index is 0.190. The Morgan fingerprint density at radius 3 is 2.48 bits per heavy atom. The summed E-state index contributed by atoms with van der Waals surface area (Å²) in [5.74, 6) is 0.557. The lowest BCUT2D eigenvalue weighted by Crippen LogP contribution is -2.27. The number of aromatic nitrogens is 2. The number of hydrazone groups is 1. The van der Waals surface area contributed by atoms with E-state index in [1.807, 2.05) is 18.2 Å². The van der Waals surface area contributed by atoms with Crippen molar-refractivity contribution < 1.29 is 12.8 Å². The highest BCUT2D eigenvalue weighted by Crippen LogP contribution is 2.37. The van der Waals surface area contributed by atoms with Crippen LogP contribution in [0.2, 0.25) is 0 Å². The quantitative estimate of drug-likeness (QED) is 0.517. The van der Waals surface area contributed by atoms with Gasteiger partial charge in [0, 0.05) is 18.8 Å². The molecule has 0 saturated carbocycles. The van der Waals surface area contributed by atoms with Crippen molar-refractivity contribution in [3.63, 3.8) is 0 Å². The Morgan fingerprint density at radius 2 is 1.72 bits per heavy atom. The maximum Gasteiger partial charge on any atom is 0.279 e. The van der Waals surface area contributed by atoms with Gasteiger partial charge in [-0.2, -0.15) is 17.9 Å². The molecule has 0 radical (unpaired) electrons. The molecule has 1 aliphatic heterocycles. The van der Waals surface area contributed by atoms with E-state index in [9.17, 15) is 8.42 Å². The Morgan fingerprint density at radius 1 is 0.931 bits per heavy atom. The van der Waals surface area contributed by atoms with E-state index in [4.69, 9.17) is 4.42 Å². The molecule has 0 fully saturated rings. The van der Waals surface area contributed by atoms with E-state index in [0.29, 0.717) is 23.4 Å². The minimum Gasteiger partial charge on any atom is -0.463 e. The van der Waals surface area contributed by atoms with Crippen molar-refractivity contribution in [2.24, 2.45) is 5.10 Å². The molecule has 8 heteroatoms. The van der Waals surface area contributed by atoms with Crippen LogP contribution in [0.4, 0.5) is 0 Å². The summed E-state index contributed by atoms with van der Waals surface area (Å²) in [6.07, 6.45) is 5.18. The maximum atomic E-state index is 13.4. The molecule has 0 unspecified atom stereocenters. The molecule has 0 aliphatic carbocycles. The number of fused-ring (bicyclic) bond motifs is 1. The van der Waals surface area contributed by atoms with E-state index in [1.54, 1.807) is 61.1 Å². The summed E-state index contributed by atoms with van der Waals surface area (Å²) >= 11 is 0. The predicted octanol–water partition coefficient (Wildman–Crippen LogP) is 3.76. The van der Waals surface area contributed by atoms with Crippen LogP contribution in [0, 0.1) is 0 Å². The molecule has 4 aromatic rings. The van der Waals surface area contributed by atoms with Crippen LogP contribution in [0.15, 0.2) is 93.7 Å². The second-order valence-corrected chi connectivity index (χ2v) is 8.43. The van der Waals surface area contributed by atoms with Gasteiger partial charge in [-0.1, -0.05) is 24.3 Å². The zero-order chi connectivity index (χ0) is 19.8. The van der Waals surface area contributed by atoms with Gasteiger partial charge in [0.25, 0.3) is 10.0 Å². The molecular formula is C21H16N4O3S. The Balaban J connectivity index is 1.62. The molecule has 144 valence electrons. The largest absolute Gasteiger partial charge is 0.463 e. The highest BCUT2D eigenvalue weighted by molar-refractivity contribution is 7.89. The smallest absolute Gasteiger partial charge is 0.279 e. The molecule has 2 aromatic heterocycles. The zero-order valence-corrected chi connectivity index (χ0v) is 16.0. The van der Waals surface area contributed by atoms with Gasteiger partial charge in [-0.05, 0) is 42.0 Å². The molecule has 0 amide bonds. The van der Waals surface area contributed by atoms with E-state index in [2.05, 4.69) is 15.1 Å². The first-order valence-electron chi connectivity index (χ1n) is 9.04. The topological polar surface area (TPSA) is 88.7 Å². The number of hydrogen-bond donors (Lipinski definition) is 0. The number of sulfonamides is 1. The third kappa shape index (κ3) is 3.07. The molecule has 1 atom stereocenters. The fourth-order valence-electron chi connectivity index (χ4n) is 3.44. The van der Waals surface area contributed by atoms with Crippen LogP contribution in [0.3, 0.4) is 0 Å². The Kier molecular flexibility index (Phi) is 4.13. The van der Waals surface area contributed by atoms with Gasteiger partial charge >= 0.3 is 0 Å². The van der Waals surface area contributed by atoms with Crippen molar-refractivity contribution in [3.8, 4) is 0 Å². The summed E-state index contributed by atoms with van der Waals surface area (Å²) in [6, 6.07) is 16.9. The van der Waals surface area contributed by atoms with Crippen molar-refractivity contribution in [1.82, 2.24) is 14.4 Å². The third-order valence-electron chi connectivity index (χ3n) is 4.84. The zero-order valence-electron chi connectivity index (χ0n) is 15.2. The Bertz CT molecular complexity index is 1300. The minimum atomic E-state index is -3.85. The summed E-state index contributed by atoms with van der Waals surface area (Å²) in [4.78, 5) is 8.81. The van der Waals surface area contributed by atoms with Gasteiger partial charge in [0.1, 0.15) is 11.5 Å². The van der Waals surface area contributed by atoms with Crippen LogP contribution in [-0.4, -0.2) is 28.5 Å². The molecule has 0 spiro atoms. The lowest BCUT2D eigenvalue weighted by molar-refractivity contribution is 0.371. The van der Waals surface area contributed by atoms with Crippen LogP contribution in [0.5, 0.6) is 0 Å². The number of rotatable bonds is 4. The molecule has 5 rings (SSSR count). The monoisotopic (exact) mass is 404 g/mol. The molecule has 3 heterocycles. The average molecular weight is 404 g/mol. The molecule has 29 heavy (non-hydrogen) atoms. The van der Waals surface area contributed by atoms with Crippen molar-refractivity contribution in [2.45, 2.75) is 17.4 Å². The third-order valence-corrected chi connectivity index (χ3v) is 6.54. The molecule has 1 aliphatic rings. The fraction of sp³-hybridized carbons (Fsp3) is 0.0952. The summed E-state index contributed by atoms with van der Waals surface area (Å²) in [6.45, 7) is 0. The van der Waals surface area contributed by atoms with Crippen molar-refractivity contribution in [2.75, 3.05) is 0 Å². The summed E-state index contributed by atoms with van der Waals surface area (Å²) in [7, 11) is -3.85. The highest BCUT2D eigenvalue weighted by Gasteiger charge is 2.38. The van der Waals surface area contributed by atoms with Crippen LogP contribution >= 0.6 is 0 Å². The van der Waals surface area contributed by atoms with Crippen molar-refractivity contribution >= 4 is 26.8 Å². The number of hydrogen-bond acceptors (Lipinski definition) is 6. The molecule has 0 bridgehead atoms. The number of furan rings is 1. The van der Waals surface area contributed by atoms with Gasteiger partial charge in [-0.3, -0.25) is 9.97 Å². The van der Waals surface area contributed by atoms with Gasteiger partial charge in [0.15, 0.2) is 0 Å². The second kappa shape index (κ2) is 6.82. The standard InChI is InChI=1S/C21H16N4O3S/c26-29(27,16-5-2-1-3-6-16)25-20(14-19(24-25)21-7-4-12-28-21)15-8-9-17-18(13-15)23-11-10-22-17/h1-13,20H,14H2/t20-/m1/s1. The van der Waals surface area contributed by atoms with E-state index >= 15 is 0 Å². The molecular weight excluding hydrogens is 388 g/mol. The number of benzene rings is 2. The van der Waals surface area contributed by atoms with Gasteiger partial charge < -0.3 is 4.42 Å². The van der Waals surface area contributed by atoms with Crippen molar-refractivity contribution in [1.29, 1.82) is 0 Å². The normalized spacial score (nSPS) is 16.9. The first-order valence-corrected chi connectivity index (χ1v) is 10.5. The highest BCUT2D eigenvalue weighted by atomic mass is 32.2. The lowest BCUT2D eigenvalue weighted by atomic mass is 10.0. The van der Waals surface area contributed by atoms with Gasteiger partial charge in [0.05, 0.1) is 28.2 Å². The summed E-state index contributed by atoms with van der Waals surface area (Å²) < 4.78 is 33.4. The molecule has 7 nitrogen and oxygen atoms in total. The maximum absolute atomic E-state index is 13.4. The Labute approximate surface area is 167 Å². The second-order valence-electron chi connectivity index (χ2n) is 6.64.